The molecule has 146 valence electrons. The maximum atomic E-state index is 13.2. The van der Waals surface area contributed by atoms with Gasteiger partial charge in [-0.2, -0.15) is 0 Å². The molecule has 1 aromatic rings. The largest absolute Gasteiger partial charge is 0.465 e. The lowest BCUT2D eigenvalue weighted by Gasteiger charge is -2.43. The van der Waals surface area contributed by atoms with Crippen molar-refractivity contribution >= 4 is 23.6 Å². The van der Waals surface area contributed by atoms with Crippen LogP contribution in [0.2, 0.25) is 0 Å². The van der Waals surface area contributed by atoms with E-state index in [1.165, 1.54) is 6.92 Å². The lowest BCUT2D eigenvalue weighted by molar-refractivity contribution is -0.157. The molecule has 0 N–H and O–H groups in total. The molecule has 0 aromatic heterocycles. The summed E-state index contributed by atoms with van der Waals surface area (Å²) in [5, 5.41) is 0. The summed E-state index contributed by atoms with van der Waals surface area (Å²) in [6, 6.07) is 7.20. The summed E-state index contributed by atoms with van der Waals surface area (Å²) in [5.41, 5.74) is -0.946. The summed E-state index contributed by atoms with van der Waals surface area (Å²) >= 11 is 0. The summed E-state index contributed by atoms with van der Waals surface area (Å²) in [4.78, 5) is 42.8. The predicted octanol–water partition coefficient (Wildman–Crippen LogP) is 1.49. The van der Waals surface area contributed by atoms with Crippen molar-refractivity contribution in [1.82, 2.24) is 9.80 Å². The Morgan fingerprint density at radius 2 is 1.74 bits per heavy atom. The molecule has 0 spiro atoms. The fraction of sp³-hybridized carbons (Fsp3) is 0.526. The van der Waals surface area contributed by atoms with Crippen LogP contribution in [0.3, 0.4) is 0 Å². The lowest BCUT2D eigenvalue weighted by Crippen LogP contribution is -2.65. The zero-order chi connectivity index (χ0) is 19.6. The number of carbonyl (C=O) groups excluding carboxylic acids is 3. The van der Waals surface area contributed by atoms with Crippen molar-refractivity contribution in [1.29, 1.82) is 0 Å². The van der Waals surface area contributed by atoms with Crippen molar-refractivity contribution < 1.29 is 23.9 Å². The van der Waals surface area contributed by atoms with Gasteiger partial charge in [-0.05, 0) is 32.9 Å². The first-order chi connectivity index (χ1) is 12.9. The quantitative estimate of drug-likeness (QED) is 0.748. The van der Waals surface area contributed by atoms with Crippen LogP contribution >= 0.6 is 0 Å². The molecule has 1 unspecified atom stereocenters. The molecule has 0 saturated carbocycles. The van der Waals surface area contributed by atoms with Gasteiger partial charge in [0.2, 0.25) is 0 Å². The third-order valence-electron chi connectivity index (χ3n) is 4.94. The number of hydrogen-bond donors (Lipinski definition) is 0. The Hall–Kier alpha value is -2.77. The van der Waals surface area contributed by atoms with Gasteiger partial charge in [-0.3, -0.25) is 9.59 Å². The van der Waals surface area contributed by atoms with Crippen molar-refractivity contribution in [2.45, 2.75) is 26.4 Å². The molecular formula is C19H25N3O5. The van der Waals surface area contributed by atoms with Crippen molar-refractivity contribution in [3.05, 3.63) is 24.3 Å². The van der Waals surface area contributed by atoms with Crippen LogP contribution in [0.15, 0.2) is 24.3 Å². The lowest BCUT2D eigenvalue weighted by atomic mass is 9.98. The Morgan fingerprint density at radius 3 is 2.37 bits per heavy atom. The van der Waals surface area contributed by atoms with E-state index in [0.717, 1.165) is 0 Å². The van der Waals surface area contributed by atoms with Gasteiger partial charge in [0.15, 0.2) is 0 Å². The molecule has 2 heterocycles. The van der Waals surface area contributed by atoms with E-state index in [9.17, 15) is 14.4 Å². The molecule has 0 radical (unpaired) electrons. The Kier molecular flexibility index (Phi) is 5.25. The molecule has 1 saturated heterocycles. The number of ether oxygens (including phenoxy) is 2. The number of hydrogen-bond acceptors (Lipinski definition) is 5. The maximum absolute atomic E-state index is 13.2. The third kappa shape index (κ3) is 3.31. The molecule has 1 aromatic carbocycles. The highest BCUT2D eigenvalue weighted by atomic mass is 16.6. The Labute approximate surface area is 158 Å². The molecular weight excluding hydrogens is 350 g/mol. The average Bonchev–Trinajstić information content (AvgIpc) is 2.69. The Bertz CT molecular complexity index is 745. The van der Waals surface area contributed by atoms with Crippen LogP contribution in [0.4, 0.5) is 10.5 Å². The SMILES string of the molecule is CCOC(=O)N1CCN(C(=O)C2(C)Oc3ccccc3N(CC)C2=O)CC1. The van der Waals surface area contributed by atoms with E-state index in [-0.39, 0.29) is 17.9 Å². The van der Waals surface area contributed by atoms with E-state index in [1.807, 2.05) is 19.1 Å². The molecule has 27 heavy (non-hydrogen) atoms. The van der Waals surface area contributed by atoms with Crippen molar-refractivity contribution in [3.8, 4) is 5.75 Å². The van der Waals surface area contributed by atoms with Gasteiger partial charge < -0.3 is 24.2 Å². The van der Waals surface area contributed by atoms with Gasteiger partial charge in [0.1, 0.15) is 5.75 Å². The number of rotatable bonds is 3. The molecule has 1 fully saturated rings. The molecule has 2 aliphatic heterocycles. The Balaban J connectivity index is 1.77. The van der Waals surface area contributed by atoms with Crippen LogP contribution < -0.4 is 9.64 Å². The van der Waals surface area contributed by atoms with E-state index in [0.29, 0.717) is 50.8 Å². The Morgan fingerprint density at radius 1 is 1.11 bits per heavy atom. The first-order valence-electron chi connectivity index (χ1n) is 9.23. The van der Waals surface area contributed by atoms with Crippen molar-refractivity contribution in [2.24, 2.45) is 0 Å². The van der Waals surface area contributed by atoms with Crippen LogP contribution in [-0.2, 0) is 14.3 Å². The van der Waals surface area contributed by atoms with Crippen LogP contribution in [0.5, 0.6) is 5.75 Å². The number of anilines is 1. The van der Waals surface area contributed by atoms with Gasteiger partial charge in [-0.15, -0.1) is 0 Å². The van der Waals surface area contributed by atoms with Crippen LogP contribution in [0.1, 0.15) is 20.8 Å². The van der Waals surface area contributed by atoms with Gasteiger partial charge in [0, 0.05) is 32.7 Å². The van der Waals surface area contributed by atoms with E-state index >= 15 is 0 Å². The second kappa shape index (κ2) is 7.46. The van der Waals surface area contributed by atoms with Gasteiger partial charge in [-0.25, -0.2) is 4.79 Å². The molecule has 8 nitrogen and oxygen atoms in total. The number of para-hydroxylation sites is 2. The van der Waals surface area contributed by atoms with Gasteiger partial charge >= 0.3 is 6.09 Å². The predicted molar refractivity (Wildman–Crippen MR) is 98.7 cm³/mol. The molecule has 2 aliphatic rings. The summed E-state index contributed by atoms with van der Waals surface area (Å²) in [5.74, 6) is -0.245. The van der Waals surface area contributed by atoms with E-state index < -0.39 is 5.60 Å². The smallest absolute Gasteiger partial charge is 0.409 e. The van der Waals surface area contributed by atoms with Crippen molar-refractivity contribution in [2.75, 3.05) is 44.2 Å². The zero-order valence-corrected chi connectivity index (χ0v) is 15.9. The van der Waals surface area contributed by atoms with Crippen LogP contribution in [0.25, 0.3) is 0 Å². The normalized spacial score (nSPS) is 22.2. The fourth-order valence-electron chi connectivity index (χ4n) is 3.45. The summed E-state index contributed by atoms with van der Waals surface area (Å²) in [6.07, 6.45) is -0.383. The number of amides is 3. The number of piperazine rings is 1. The monoisotopic (exact) mass is 375 g/mol. The molecule has 0 bridgehead atoms. The van der Waals surface area contributed by atoms with Crippen molar-refractivity contribution in [3.63, 3.8) is 0 Å². The highest BCUT2D eigenvalue weighted by Crippen LogP contribution is 2.38. The summed E-state index contributed by atoms with van der Waals surface area (Å²) in [6.45, 7) is 7.28. The summed E-state index contributed by atoms with van der Waals surface area (Å²) in [7, 11) is 0. The first kappa shape index (κ1) is 19.0. The molecule has 3 amide bonds. The van der Waals surface area contributed by atoms with E-state index in [2.05, 4.69) is 0 Å². The topological polar surface area (TPSA) is 79.4 Å². The van der Waals surface area contributed by atoms with Gasteiger partial charge in [0.25, 0.3) is 17.4 Å². The van der Waals surface area contributed by atoms with Crippen LogP contribution in [-0.4, -0.2) is 72.6 Å². The van der Waals surface area contributed by atoms with Crippen LogP contribution in [0, 0.1) is 0 Å². The second-order valence-electron chi connectivity index (χ2n) is 6.63. The first-order valence-corrected chi connectivity index (χ1v) is 9.23. The summed E-state index contributed by atoms with van der Waals surface area (Å²) < 4.78 is 10.9. The number of carbonyl (C=O) groups is 3. The molecule has 8 heteroatoms. The third-order valence-corrected chi connectivity index (χ3v) is 4.94. The second-order valence-corrected chi connectivity index (χ2v) is 6.63. The average molecular weight is 375 g/mol. The highest BCUT2D eigenvalue weighted by Gasteiger charge is 2.52. The van der Waals surface area contributed by atoms with E-state index in [1.54, 1.807) is 33.8 Å². The minimum Gasteiger partial charge on any atom is -0.465 e. The zero-order valence-electron chi connectivity index (χ0n) is 15.9. The standard InChI is InChI=1S/C19H25N3O5/c1-4-22-14-8-6-7-9-15(14)27-19(3,17(22)24)16(23)20-10-12-21(13-11-20)18(25)26-5-2/h6-9H,4-5,10-13H2,1-3H3. The molecule has 3 rings (SSSR count). The van der Waals surface area contributed by atoms with Gasteiger partial charge in [-0.1, -0.05) is 12.1 Å². The number of likely N-dealkylation sites (N-methyl/N-ethyl adjacent to an activating group) is 1. The van der Waals surface area contributed by atoms with E-state index in [4.69, 9.17) is 9.47 Å². The highest BCUT2D eigenvalue weighted by molar-refractivity contribution is 6.16. The fourth-order valence-corrected chi connectivity index (χ4v) is 3.45. The van der Waals surface area contributed by atoms with Gasteiger partial charge in [0.05, 0.1) is 12.3 Å². The number of nitrogens with zero attached hydrogens (tertiary/aromatic N) is 3. The maximum Gasteiger partial charge on any atom is 0.409 e. The number of benzene rings is 1. The number of fused-ring (bicyclic) bond motifs is 1. The minimum absolute atomic E-state index is 0.310. The minimum atomic E-state index is -1.61. The molecule has 1 atom stereocenters. The molecule has 0 aliphatic carbocycles.